The Balaban J connectivity index is 2.13. The lowest BCUT2D eigenvalue weighted by Gasteiger charge is -2.21. The summed E-state index contributed by atoms with van der Waals surface area (Å²) in [7, 11) is 1.72. The fourth-order valence-corrected chi connectivity index (χ4v) is 2.39. The molecular formula is C14H21N3O2. The van der Waals surface area contributed by atoms with E-state index in [0.717, 1.165) is 25.1 Å². The molecule has 19 heavy (non-hydrogen) atoms. The molecule has 1 aromatic rings. The molecule has 1 saturated carbocycles. The van der Waals surface area contributed by atoms with Crippen LogP contribution in [0.3, 0.4) is 0 Å². The van der Waals surface area contributed by atoms with Crippen molar-refractivity contribution in [2.24, 2.45) is 0 Å². The van der Waals surface area contributed by atoms with Crippen LogP contribution in [-0.4, -0.2) is 29.5 Å². The molecule has 1 aromatic carbocycles. The number of nitrogens with one attached hydrogen (secondary N) is 1. The molecule has 0 saturated heterocycles. The van der Waals surface area contributed by atoms with E-state index in [9.17, 15) is 10.1 Å². The fourth-order valence-electron chi connectivity index (χ4n) is 2.39. The third-order valence-corrected chi connectivity index (χ3v) is 3.49. The second-order valence-electron chi connectivity index (χ2n) is 5.06. The SMILES string of the molecule is CCCN(Cc1ccc([N+](=O)[O-])c(NC)c1)C1CC1. The van der Waals surface area contributed by atoms with Gasteiger partial charge in [-0.25, -0.2) is 0 Å². The smallest absolute Gasteiger partial charge is 0.292 e. The molecule has 1 aliphatic carbocycles. The second kappa shape index (κ2) is 6.02. The van der Waals surface area contributed by atoms with Crippen molar-refractivity contribution < 1.29 is 4.92 Å². The summed E-state index contributed by atoms with van der Waals surface area (Å²) in [6, 6.07) is 6.07. The Labute approximate surface area is 113 Å². The number of nitrogens with zero attached hydrogens (tertiary/aromatic N) is 2. The monoisotopic (exact) mass is 263 g/mol. The van der Waals surface area contributed by atoms with E-state index in [1.807, 2.05) is 12.1 Å². The number of hydrogen-bond acceptors (Lipinski definition) is 4. The van der Waals surface area contributed by atoms with Crippen LogP contribution < -0.4 is 5.32 Å². The molecule has 0 heterocycles. The topological polar surface area (TPSA) is 58.4 Å². The average Bonchev–Trinajstić information content (AvgIpc) is 3.22. The Kier molecular flexibility index (Phi) is 4.37. The van der Waals surface area contributed by atoms with E-state index in [4.69, 9.17) is 0 Å². The highest BCUT2D eigenvalue weighted by molar-refractivity contribution is 5.62. The summed E-state index contributed by atoms with van der Waals surface area (Å²) in [5.41, 5.74) is 1.87. The summed E-state index contributed by atoms with van der Waals surface area (Å²) in [4.78, 5) is 13.0. The first kappa shape index (κ1) is 13.8. The molecule has 0 bridgehead atoms. The van der Waals surface area contributed by atoms with Gasteiger partial charge in [0.15, 0.2) is 0 Å². The van der Waals surface area contributed by atoms with Crippen LogP contribution in [-0.2, 0) is 6.54 Å². The summed E-state index contributed by atoms with van der Waals surface area (Å²) in [6.45, 7) is 4.16. The molecule has 1 N–H and O–H groups in total. The van der Waals surface area contributed by atoms with Crippen molar-refractivity contribution in [3.05, 3.63) is 33.9 Å². The predicted molar refractivity (Wildman–Crippen MR) is 76.4 cm³/mol. The number of rotatable bonds is 7. The minimum Gasteiger partial charge on any atom is -0.383 e. The Bertz CT molecular complexity index is 458. The summed E-state index contributed by atoms with van der Waals surface area (Å²) in [6.07, 6.45) is 3.71. The van der Waals surface area contributed by atoms with Crippen LogP contribution in [0.1, 0.15) is 31.7 Å². The molecule has 2 rings (SSSR count). The first-order chi connectivity index (χ1) is 9.15. The van der Waals surface area contributed by atoms with Gasteiger partial charge in [-0.3, -0.25) is 15.0 Å². The van der Waals surface area contributed by atoms with Gasteiger partial charge in [0.05, 0.1) is 4.92 Å². The van der Waals surface area contributed by atoms with Gasteiger partial charge >= 0.3 is 0 Å². The number of nitro groups is 1. The molecule has 0 aromatic heterocycles. The van der Waals surface area contributed by atoms with Gasteiger partial charge in [-0.15, -0.1) is 0 Å². The van der Waals surface area contributed by atoms with E-state index in [1.54, 1.807) is 13.1 Å². The summed E-state index contributed by atoms with van der Waals surface area (Å²) >= 11 is 0. The van der Waals surface area contributed by atoms with Gasteiger partial charge in [0, 0.05) is 25.7 Å². The lowest BCUT2D eigenvalue weighted by atomic mass is 10.1. The van der Waals surface area contributed by atoms with Crippen LogP contribution in [0.25, 0.3) is 0 Å². The number of nitro benzene ring substituents is 1. The molecule has 1 fully saturated rings. The molecule has 0 radical (unpaired) electrons. The van der Waals surface area contributed by atoms with Crippen molar-refractivity contribution in [2.75, 3.05) is 18.9 Å². The summed E-state index contributed by atoms with van der Waals surface area (Å²) in [5, 5.41) is 13.8. The third-order valence-electron chi connectivity index (χ3n) is 3.49. The quantitative estimate of drug-likeness (QED) is 0.607. The Morgan fingerprint density at radius 1 is 1.47 bits per heavy atom. The van der Waals surface area contributed by atoms with Gasteiger partial charge in [0.25, 0.3) is 5.69 Å². The maximum Gasteiger partial charge on any atom is 0.292 e. The van der Waals surface area contributed by atoms with Crippen molar-refractivity contribution in [1.82, 2.24) is 4.90 Å². The predicted octanol–water partition coefficient (Wildman–Crippen LogP) is 3.01. The number of anilines is 1. The molecule has 0 spiro atoms. The largest absolute Gasteiger partial charge is 0.383 e. The van der Waals surface area contributed by atoms with E-state index in [2.05, 4.69) is 17.1 Å². The van der Waals surface area contributed by atoms with Crippen molar-refractivity contribution in [3.63, 3.8) is 0 Å². The van der Waals surface area contributed by atoms with Crippen LogP contribution in [0, 0.1) is 10.1 Å². The van der Waals surface area contributed by atoms with Gasteiger partial charge in [0.2, 0.25) is 0 Å². The molecule has 5 nitrogen and oxygen atoms in total. The van der Waals surface area contributed by atoms with E-state index in [1.165, 1.54) is 12.8 Å². The molecule has 5 heteroatoms. The zero-order chi connectivity index (χ0) is 13.8. The molecular weight excluding hydrogens is 242 g/mol. The summed E-state index contributed by atoms with van der Waals surface area (Å²) in [5.74, 6) is 0. The van der Waals surface area contributed by atoms with Gasteiger partial charge in [-0.2, -0.15) is 0 Å². The molecule has 0 aliphatic heterocycles. The van der Waals surface area contributed by atoms with Gasteiger partial charge in [-0.1, -0.05) is 13.0 Å². The molecule has 0 atom stereocenters. The van der Waals surface area contributed by atoms with Crippen molar-refractivity contribution in [2.45, 2.75) is 38.8 Å². The maximum absolute atomic E-state index is 10.9. The zero-order valence-electron chi connectivity index (χ0n) is 11.6. The normalized spacial score (nSPS) is 14.7. The molecule has 104 valence electrons. The van der Waals surface area contributed by atoms with Gasteiger partial charge < -0.3 is 5.32 Å². The van der Waals surface area contributed by atoms with Crippen LogP contribution in [0.2, 0.25) is 0 Å². The standard InChI is InChI=1S/C14H21N3O2/c1-3-8-16(12-5-6-12)10-11-4-7-14(17(18)19)13(9-11)15-2/h4,7,9,12,15H,3,5-6,8,10H2,1-2H3. The van der Waals surface area contributed by atoms with Gasteiger partial charge in [0.1, 0.15) is 5.69 Å². The number of benzene rings is 1. The van der Waals surface area contributed by atoms with Crippen LogP contribution in [0.5, 0.6) is 0 Å². The highest BCUT2D eigenvalue weighted by atomic mass is 16.6. The molecule has 0 amide bonds. The van der Waals surface area contributed by atoms with E-state index in [-0.39, 0.29) is 10.6 Å². The Morgan fingerprint density at radius 2 is 2.21 bits per heavy atom. The molecule has 0 unspecified atom stereocenters. The fraction of sp³-hybridized carbons (Fsp3) is 0.571. The van der Waals surface area contributed by atoms with E-state index in [0.29, 0.717) is 11.7 Å². The lowest BCUT2D eigenvalue weighted by molar-refractivity contribution is -0.384. The van der Waals surface area contributed by atoms with Crippen molar-refractivity contribution in [3.8, 4) is 0 Å². The Morgan fingerprint density at radius 3 is 2.74 bits per heavy atom. The minimum absolute atomic E-state index is 0.139. The van der Waals surface area contributed by atoms with Crippen molar-refractivity contribution in [1.29, 1.82) is 0 Å². The maximum atomic E-state index is 10.9. The second-order valence-corrected chi connectivity index (χ2v) is 5.06. The van der Waals surface area contributed by atoms with Crippen LogP contribution in [0.15, 0.2) is 18.2 Å². The van der Waals surface area contributed by atoms with E-state index < -0.39 is 0 Å². The third kappa shape index (κ3) is 3.44. The van der Waals surface area contributed by atoms with Gasteiger partial charge in [-0.05, 0) is 37.4 Å². The van der Waals surface area contributed by atoms with E-state index >= 15 is 0 Å². The van der Waals surface area contributed by atoms with Crippen LogP contribution in [0.4, 0.5) is 11.4 Å². The minimum atomic E-state index is -0.347. The first-order valence-corrected chi connectivity index (χ1v) is 6.84. The lowest BCUT2D eigenvalue weighted by Crippen LogP contribution is -2.26. The zero-order valence-corrected chi connectivity index (χ0v) is 11.6. The van der Waals surface area contributed by atoms with Crippen molar-refractivity contribution >= 4 is 11.4 Å². The average molecular weight is 263 g/mol. The summed E-state index contributed by atoms with van der Waals surface area (Å²) < 4.78 is 0. The first-order valence-electron chi connectivity index (χ1n) is 6.84. The Hall–Kier alpha value is -1.62. The molecule has 1 aliphatic rings. The van der Waals surface area contributed by atoms with Crippen LogP contribution >= 0.6 is 0 Å². The highest BCUT2D eigenvalue weighted by Crippen LogP contribution is 2.30. The number of hydrogen-bond donors (Lipinski definition) is 1. The highest BCUT2D eigenvalue weighted by Gasteiger charge is 2.28.